The molecule has 8 heteroatoms. The second-order valence-corrected chi connectivity index (χ2v) is 7.89. The predicted octanol–water partition coefficient (Wildman–Crippen LogP) is 1.89. The number of hydrogen-bond donors (Lipinski definition) is 3. The first-order chi connectivity index (χ1) is 12.8. The number of sulfonamides is 1. The van der Waals surface area contributed by atoms with Crippen molar-refractivity contribution in [2.24, 2.45) is 5.14 Å². The predicted molar refractivity (Wildman–Crippen MR) is 105 cm³/mol. The molecule has 146 valence electrons. The SMILES string of the molecule is CC(C)Oc1ccccc1NC(=O)CNCCc1ccc(S(N)(=O)=O)cc1. The lowest BCUT2D eigenvalue weighted by Crippen LogP contribution is -2.29. The number of hydrogen-bond acceptors (Lipinski definition) is 5. The first-order valence-electron chi connectivity index (χ1n) is 8.63. The van der Waals surface area contributed by atoms with E-state index in [1.807, 2.05) is 32.0 Å². The summed E-state index contributed by atoms with van der Waals surface area (Å²) in [5, 5.41) is 11.0. The molecule has 0 radical (unpaired) electrons. The van der Waals surface area contributed by atoms with E-state index in [9.17, 15) is 13.2 Å². The summed E-state index contributed by atoms with van der Waals surface area (Å²) in [6.45, 7) is 4.59. The van der Waals surface area contributed by atoms with Gasteiger partial charge in [-0.15, -0.1) is 0 Å². The maximum Gasteiger partial charge on any atom is 0.238 e. The second kappa shape index (κ2) is 9.50. The van der Waals surface area contributed by atoms with Crippen LogP contribution in [0.25, 0.3) is 0 Å². The number of anilines is 1. The number of ether oxygens (including phenoxy) is 1. The Bertz CT molecular complexity index is 865. The van der Waals surface area contributed by atoms with Crippen LogP contribution < -0.4 is 20.5 Å². The summed E-state index contributed by atoms with van der Waals surface area (Å²) in [6, 6.07) is 13.7. The maximum atomic E-state index is 12.1. The van der Waals surface area contributed by atoms with E-state index < -0.39 is 10.0 Å². The molecule has 0 atom stereocenters. The monoisotopic (exact) mass is 391 g/mol. The first kappa shape index (κ1) is 20.9. The van der Waals surface area contributed by atoms with Crippen LogP contribution in [0, 0.1) is 0 Å². The van der Waals surface area contributed by atoms with Crippen LogP contribution in [-0.4, -0.2) is 33.5 Å². The van der Waals surface area contributed by atoms with E-state index in [0.29, 0.717) is 24.4 Å². The van der Waals surface area contributed by atoms with Gasteiger partial charge in [0.2, 0.25) is 15.9 Å². The fourth-order valence-corrected chi connectivity index (χ4v) is 2.92. The number of carbonyl (C=O) groups is 1. The van der Waals surface area contributed by atoms with E-state index in [0.717, 1.165) is 5.56 Å². The smallest absolute Gasteiger partial charge is 0.238 e. The molecule has 27 heavy (non-hydrogen) atoms. The third-order valence-electron chi connectivity index (χ3n) is 3.65. The van der Waals surface area contributed by atoms with Gasteiger partial charge in [0.05, 0.1) is 23.2 Å². The van der Waals surface area contributed by atoms with E-state index >= 15 is 0 Å². The van der Waals surface area contributed by atoms with Crippen molar-refractivity contribution < 1.29 is 17.9 Å². The van der Waals surface area contributed by atoms with Gasteiger partial charge >= 0.3 is 0 Å². The number of para-hydroxylation sites is 2. The lowest BCUT2D eigenvalue weighted by Gasteiger charge is -2.15. The molecule has 2 rings (SSSR count). The lowest BCUT2D eigenvalue weighted by atomic mass is 10.1. The van der Waals surface area contributed by atoms with Crippen LogP contribution in [0.4, 0.5) is 5.69 Å². The van der Waals surface area contributed by atoms with Gasteiger partial charge in [-0.3, -0.25) is 4.79 Å². The highest BCUT2D eigenvalue weighted by Crippen LogP contribution is 2.24. The molecule has 0 heterocycles. The molecule has 1 amide bonds. The zero-order valence-corrected chi connectivity index (χ0v) is 16.3. The van der Waals surface area contributed by atoms with E-state index in [2.05, 4.69) is 10.6 Å². The van der Waals surface area contributed by atoms with E-state index in [-0.39, 0.29) is 23.5 Å². The Morgan fingerprint density at radius 1 is 1.11 bits per heavy atom. The zero-order chi connectivity index (χ0) is 19.9. The molecular formula is C19H25N3O4S. The number of carbonyl (C=O) groups excluding carboxylic acids is 1. The molecule has 0 aliphatic rings. The third kappa shape index (κ3) is 7.01. The van der Waals surface area contributed by atoms with Crippen molar-refractivity contribution in [3.8, 4) is 5.75 Å². The summed E-state index contributed by atoms with van der Waals surface area (Å²) in [4.78, 5) is 12.2. The van der Waals surface area contributed by atoms with Gasteiger partial charge in [0.1, 0.15) is 5.75 Å². The van der Waals surface area contributed by atoms with Crippen molar-refractivity contribution in [2.75, 3.05) is 18.4 Å². The molecule has 0 aromatic heterocycles. The van der Waals surface area contributed by atoms with Gasteiger partial charge < -0.3 is 15.4 Å². The van der Waals surface area contributed by atoms with Crippen molar-refractivity contribution in [3.63, 3.8) is 0 Å². The molecule has 0 fully saturated rings. The van der Waals surface area contributed by atoms with Gasteiger partial charge in [-0.25, -0.2) is 13.6 Å². The molecule has 0 spiro atoms. The quantitative estimate of drug-likeness (QED) is 0.566. The molecule has 4 N–H and O–H groups in total. The molecular weight excluding hydrogens is 366 g/mol. The Morgan fingerprint density at radius 2 is 1.78 bits per heavy atom. The van der Waals surface area contributed by atoms with Gasteiger partial charge in [-0.1, -0.05) is 24.3 Å². The normalized spacial score (nSPS) is 11.4. The third-order valence-corrected chi connectivity index (χ3v) is 4.58. The number of rotatable bonds is 9. The molecule has 0 saturated carbocycles. The molecule has 0 aliphatic carbocycles. The Labute approximate surface area is 160 Å². The van der Waals surface area contributed by atoms with Crippen LogP contribution >= 0.6 is 0 Å². The van der Waals surface area contributed by atoms with Crippen LogP contribution in [0.15, 0.2) is 53.4 Å². The molecule has 2 aromatic rings. The largest absolute Gasteiger partial charge is 0.489 e. The standard InChI is InChI=1S/C19H25N3O4S/c1-14(2)26-18-6-4-3-5-17(18)22-19(23)13-21-12-11-15-7-9-16(10-8-15)27(20,24)25/h3-10,14,21H,11-13H2,1-2H3,(H,22,23)(H2,20,24,25). The summed E-state index contributed by atoms with van der Waals surface area (Å²) in [7, 11) is -3.68. The number of amides is 1. The number of benzene rings is 2. The number of nitrogens with two attached hydrogens (primary N) is 1. The van der Waals surface area contributed by atoms with Crippen molar-refractivity contribution in [1.29, 1.82) is 0 Å². The minimum atomic E-state index is -3.68. The first-order valence-corrected chi connectivity index (χ1v) is 10.2. The Balaban J connectivity index is 1.78. The molecule has 7 nitrogen and oxygen atoms in total. The lowest BCUT2D eigenvalue weighted by molar-refractivity contribution is -0.115. The summed E-state index contributed by atoms with van der Waals surface area (Å²) >= 11 is 0. The van der Waals surface area contributed by atoms with E-state index in [1.54, 1.807) is 18.2 Å². The topological polar surface area (TPSA) is 111 Å². The molecule has 0 bridgehead atoms. The fourth-order valence-electron chi connectivity index (χ4n) is 2.40. The van der Waals surface area contributed by atoms with Crippen LogP contribution in [0.1, 0.15) is 19.4 Å². The highest BCUT2D eigenvalue weighted by Gasteiger charge is 2.09. The molecule has 0 aliphatic heterocycles. The fraction of sp³-hybridized carbons (Fsp3) is 0.316. The van der Waals surface area contributed by atoms with Crippen molar-refractivity contribution in [1.82, 2.24) is 5.32 Å². The van der Waals surface area contributed by atoms with E-state index in [4.69, 9.17) is 9.88 Å². The van der Waals surface area contributed by atoms with E-state index in [1.165, 1.54) is 12.1 Å². The number of primary sulfonamides is 1. The Hall–Kier alpha value is -2.42. The average Bonchev–Trinajstić information content (AvgIpc) is 2.60. The van der Waals surface area contributed by atoms with Crippen molar-refractivity contribution in [3.05, 3.63) is 54.1 Å². The van der Waals surface area contributed by atoms with Crippen LogP contribution in [0.5, 0.6) is 5.75 Å². The summed E-state index contributed by atoms with van der Waals surface area (Å²) in [5.74, 6) is 0.468. The molecule has 0 unspecified atom stereocenters. The van der Waals surface area contributed by atoms with Crippen LogP contribution in [0.2, 0.25) is 0 Å². The highest BCUT2D eigenvalue weighted by molar-refractivity contribution is 7.89. The molecule has 2 aromatic carbocycles. The van der Waals surface area contributed by atoms with Gasteiger partial charge in [-0.05, 0) is 56.6 Å². The van der Waals surface area contributed by atoms with Crippen molar-refractivity contribution >= 4 is 21.6 Å². The van der Waals surface area contributed by atoms with Gasteiger partial charge in [0.15, 0.2) is 0 Å². The number of nitrogens with one attached hydrogen (secondary N) is 2. The van der Waals surface area contributed by atoms with Crippen molar-refractivity contribution in [2.45, 2.75) is 31.3 Å². The Kier molecular flexibility index (Phi) is 7.35. The minimum absolute atomic E-state index is 0.0156. The molecule has 0 saturated heterocycles. The van der Waals surface area contributed by atoms with Gasteiger partial charge in [0.25, 0.3) is 0 Å². The highest BCUT2D eigenvalue weighted by atomic mass is 32.2. The summed E-state index contributed by atoms with van der Waals surface area (Å²) < 4.78 is 28.1. The van der Waals surface area contributed by atoms with Gasteiger partial charge in [-0.2, -0.15) is 0 Å². The summed E-state index contributed by atoms with van der Waals surface area (Å²) in [5.41, 5.74) is 1.59. The Morgan fingerprint density at radius 3 is 2.41 bits per heavy atom. The van der Waals surface area contributed by atoms with Crippen LogP contribution in [0.3, 0.4) is 0 Å². The van der Waals surface area contributed by atoms with Crippen LogP contribution in [-0.2, 0) is 21.2 Å². The average molecular weight is 391 g/mol. The van der Waals surface area contributed by atoms with Gasteiger partial charge in [0, 0.05) is 0 Å². The summed E-state index contributed by atoms with van der Waals surface area (Å²) in [6.07, 6.45) is 0.674. The zero-order valence-electron chi connectivity index (χ0n) is 15.4. The maximum absolute atomic E-state index is 12.1. The minimum Gasteiger partial charge on any atom is -0.489 e. The second-order valence-electron chi connectivity index (χ2n) is 6.33.